The highest BCUT2D eigenvalue weighted by Crippen LogP contribution is 2.27. The lowest BCUT2D eigenvalue weighted by atomic mass is 9.93. The maximum atomic E-state index is 10.2. The van der Waals surface area contributed by atoms with Crippen LogP contribution in [-0.4, -0.2) is 27.9 Å². The molecule has 1 unspecified atom stereocenters. The molecular formula is C12H20N2O2. The van der Waals surface area contributed by atoms with Gasteiger partial charge in [-0.2, -0.15) is 0 Å². The first-order chi connectivity index (χ1) is 7.81. The molecule has 2 heterocycles. The number of nitrogens with zero attached hydrogens (tertiary/aromatic N) is 2. The molecule has 0 saturated carbocycles. The number of aryl methyl sites for hydroxylation is 1. The minimum Gasteiger partial charge on any atom is -0.387 e. The average molecular weight is 224 g/mol. The van der Waals surface area contributed by atoms with Gasteiger partial charge in [-0.05, 0) is 32.1 Å². The van der Waals surface area contributed by atoms with Gasteiger partial charge in [0.1, 0.15) is 0 Å². The Morgan fingerprint density at radius 2 is 2.31 bits per heavy atom. The van der Waals surface area contributed by atoms with Crippen LogP contribution in [0, 0.1) is 5.92 Å². The van der Waals surface area contributed by atoms with E-state index in [1.807, 2.05) is 4.57 Å². The molecule has 0 bridgehead atoms. The van der Waals surface area contributed by atoms with Crippen LogP contribution in [0.5, 0.6) is 0 Å². The summed E-state index contributed by atoms with van der Waals surface area (Å²) in [6, 6.07) is 0. The number of hydrogen-bond acceptors (Lipinski definition) is 3. The molecule has 4 heteroatoms. The topological polar surface area (TPSA) is 47.3 Å². The smallest absolute Gasteiger partial charge is 0.0958 e. The Bertz CT molecular complexity index is 319. The van der Waals surface area contributed by atoms with Gasteiger partial charge in [0.15, 0.2) is 0 Å². The Balaban J connectivity index is 1.93. The molecule has 0 spiro atoms. The second kappa shape index (κ2) is 5.46. The Labute approximate surface area is 96.3 Å². The summed E-state index contributed by atoms with van der Waals surface area (Å²) in [5, 5.41) is 10.2. The van der Waals surface area contributed by atoms with Gasteiger partial charge in [-0.15, -0.1) is 0 Å². The van der Waals surface area contributed by atoms with Crippen LogP contribution in [0.2, 0.25) is 0 Å². The van der Waals surface area contributed by atoms with Crippen LogP contribution in [-0.2, 0) is 11.3 Å². The monoisotopic (exact) mass is 224 g/mol. The molecule has 0 aromatic carbocycles. The Kier molecular flexibility index (Phi) is 3.96. The number of ether oxygens (including phenoxy) is 1. The highest BCUT2D eigenvalue weighted by atomic mass is 16.5. The van der Waals surface area contributed by atoms with Crippen molar-refractivity contribution in [3.05, 3.63) is 18.2 Å². The summed E-state index contributed by atoms with van der Waals surface area (Å²) < 4.78 is 7.32. The van der Waals surface area contributed by atoms with Crippen LogP contribution in [0.3, 0.4) is 0 Å². The first-order valence-corrected chi connectivity index (χ1v) is 6.07. The van der Waals surface area contributed by atoms with E-state index in [2.05, 4.69) is 11.9 Å². The van der Waals surface area contributed by atoms with E-state index in [4.69, 9.17) is 4.74 Å². The number of aromatic nitrogens is 2. The molecule has 1 fully saturated rings. The van der Waals surface area contributed by atoms with E-state index in [1.165, 1.54) is 0 Å². The quantitative estimate of drug-likeness (QED) is 0.847. The van der Waals surface area contributed by atoms with Crippen LogP contribution in [0.1, 0.15) is 38.0 Å². The minimum absolute atomic E-state index is 0.384. The van der Waals surface area contributed by atoms with Crippen molar-refractivity contribution >= 4 is 0 Å². The zero-order valence-electron chi connectivity index (χ0n) is 9.80. The average Bonchev–Trinajstić information content (AvgIpc) is 2.78. The highest BCUT2D eigenvalue weighted by molar-refractivity contribution is 5.02. The van der Waals surface area contributed by atoms with E-state index in [0.717, 1.165) is 44.7 Å². The van der Waals surface area contributed by atoms with Crippen LogP contribution < -0.4 is 0 Å². The number of rotatable bonds is 4. The van der Waals surface area contributed by atoms with E-state index in [1.54, 1.807) is 12.5 Å². The Morgan fingerprint density at radius 3 is 3.00 bits per heavy atom. The fraction of sp³-hybridized carbons (Fsp3) is 0.750. The third kappa shape index (κ3) is 2.62. The van der Waals surface area contributed by atoms with Gasteiger partial charge in [0.05, 0.1) is 24.3 Å². The maximum Gasteiger partial charge on any atom is 0.0958 e. The largest absolute Gasteiger partial charge is 0.387 e. The van der Waals surface area contributed by atoms with Gasteiger partial charge in [0.25, 0.3) is 0 Å². The van der Waals surface area contributed by atoms with E-state index in [9.17, 15) is 5.11 Å². The molecule has 1 aliphatic rings. The van der Waals surface area contributed by atoms with Gasteiger partial charge >= 0.3 is 0 Å². The molecule has 90 valence electrons. The molecule has 1 aromatic rings. The summed E-state index contributed by atoms with van der Waals surface area (Å²) in [4.78, 5) is 4.09. The van der Waals surface area contributed by atoms with E-state index in [0.29, 0.717) is 5.92 Å². The van der Waals surface area contributed by atoms with Gasteiger partial charge < -0.3 is 14.4 Å². The fourth-order valence-electron chi connectivity index (χ4n) is 2.29. The predicted molar refractivity (Wildman–Crippen MR) is 61.0 cm³/mol. The molecule has 1 aliphatic heterocycles. The van der Waals surface area contributed by atoms with Crippen molar-refractivity contribution in [3.63, 3.8) is 0 Å². The van der Waals surface area contributed by atoms with Crippen molar-refractivity contribution in [1.29, 1.82) is 0 Å². The third-order valence-corrected chi connectivity index (χ3v) is 3.32. The molecule has 1 saturated heterocycles. The first kappa shape index (κ1) is 11.6. The number of hydrogen-bond donors (Lipinski definition) is 1. The second-order valence-electron chi connectivity index (χ2n) is 4.41. The van der Waals surface area contributed by atoms with Crippen molar-refractivity contribution in [2.24, 2.45) is 5.92 Å². The van der Waals surface area contributed by atoms with Gasteiger partial charge in [-0.1, -0.05) is 0 Å². The number of aliphatic hydroxyl groups is 1. The zero-order chi connectivity index (χ0) is 11.4. The zero-order valence-corrected chi connectivity index (χ0v) is 9.80. The summed E-state index contributed by atoms with van der Waals surface area (Å²) >= 11 is 0. The Morgan fingerprint density at radius 1 is 1.56 bits per heavy atom. The van der Waals surface area contributed by atoms with Crippen LogP contribution in [0.25, 0.3) is 0 Å². The van der Waals surface area contributed by atoms with Gasteiger partial charge in [0.2, 0.25) is 0 Å². The second-order valence-corrected chi connectivity index (χ2v) is 4.41. The number of imidazole rings is 1. The molecule has 1 aromatic heterocycles. The fourth-order valence-corrected chi connectivity index (χ4v) is 2.29. The lowest BCUT2D eigenvalue weighted by Gasteiger charge is -2.24. The van der Waals surface area contributed by atoms with E-state index in [-0.39, 0.29) is 6.10 Å². The minimum atomic E-state index is -0.384. The maximum absolute atomic E-state index is 10.2. The molecule has 4 nitrogen and oxygen atoms in total. The first-order valence-electron chi connectivity index (χ1n) is 6.07. The lowest BCUT2D eigenvalue weighted by molar-refractivity contribution is 0.0420. The molecular weight excluding hydrogens is 204 g/mol. The van der Waals surface area contributed by atoms with Gasteiger partial charge in [-0.3, -0.25) is 0 Å². The van der Waals surface area contributed by atoms with Crippen molar-refractivity contribution < 1.29 is 9.84 Å². The molecule has 0 amide bonds. The van der Waals surface area contributed by atoms with Crippen LogP contribution in [0.15, 0.2) is 12.5 Å². The molecule has 0 radical (unpaired) electrons. The Hall–Kier alpha value is -0.870. The molecule has 1 atom stereocenters. The summed E-state index contributed by atoms with van der Waals surface area (Å²) in [5.41, 5.74) is 0.939. The van der Waals surface area contributed by atoms with E-state index >= 15 is 0 Å². The predicted octanol–water partition coefficient (Wildman–Crippen LogP) is 1.75. The lowest BCUT2D eigenvalue weighted by Crippen LogP contribution is -2.19. The number of aliphatic hydroxyl groups excluding tert-OH is 1. The van der Waals surface area contributed by atoms with Crippen LogP contribution in [0.4, 0.5) is 0 Å². The van der Waals surface area contributed by atoms with Gasteiger partial charge in [-0.25, -0.2) is 4.98 Å². The van der Waals surface area contributed by atoms with Crippen molar-refractivity contribution in [1.82, 2.24) is 9.55 Å². The van der Waals surface area contributed by atoms with Crippen LogP contribution >= 0.6 is 0 Å². The molecule has 16 heavy (non-hydrogen) atoms. The normalized spacial score (nSPS) is 19.9. The molecule has 2 rings (SSSR count). The van der Waals surface area contributed by atoms with Gasteiger partial charge in [0, 0.05) is 19.8 Å². The molecule has 0 aliphatic carbocycles. The summed E-state index contributed by atoms with van der Waals surface area (Å²) in [6.07, 6.45) is 6.13. The summed E-state index contributed by atoms with van der Waals surface area (Å²) in [6.45, 7) is 4.60. The summed E-state index contributed by atoms with van der Waals surface area (Å²) in [7, 11) is 0. The summed E-state index contributed by atoms with van der Waals surface area (Å²) in [5.74, 6) is 0.587. The molecule has 1 N–H and O–H groups in total. The standard InChI is InChI=1S/C12H20N2O2/c1-2-14-9-13-8-11(14)12(15)7-10-3-5-16-6-4-10/h8-10,12,15H,2-7H2,1H3. The highest BCUT2D eigenvalue weighted by Gasteiger charge is 2.20. The SMILES string of the molecule is CCn1cncc1C(O)CC1CCOCC1. The van der Waals surface area contributed by atoms with Crippen molar-refractivity contribution in [3.8, 4) is 0 Å². The van der Waals surface area contributed by atoms with Crippen molar-refractivity contribution in [2.45, 2.75) is 38.8 Å². The van der Waals surface area contributed by atoms with Crippen molar-refractivity contribution in [2.75, 3.05) is 13.2 Å². The van der Waals surface area contributed by atoms with E-state index < -0.39 is 0 Å². The third-order valence-electron chi connectivity index (χ3n) is 3.32.